The van der Waals surface area contributed by atoms with Gasteiger partial charge in [-0.2, -0.15) is 0 Å². The van der Waals surface area contributed by atoms with Crippen molar-refractivity contribution in [1.29, 1.82) is 0 Å². The van der Waals surface area contributed by atoms with Gasteiger partial charge in [0.15, 0.2) is 16.3 Å². The lowest BCUT2D eigenvalue weighted by atomic mass is 9.94. The van der Waals surface area contributed by atoms with E-state index in [-0.39, 0.29) is 12.2 Å². The molecule has 36 heavy (non-hydrogen) atoms. The fourth-order valence-corrected chi connectivity index (χ4v) is 5.39. The summed E-state index contributed by atoms with van der Waals surface area (Å²) in [5.41, 5.74) is 3.31. The lowest BCUT2D eigenvalue weighted by Gasteiger charge is -2.26. The molecule has 4 rings (SSSR count). The number of hydrogen-bond acceptors (Lipinski definition) is 7. The standard InChI is InChI=1S/C28H30N2O5S/c1-7-35-27(32)23-17(4)29-28-30(24(23)20-9-8-10-21(33-5)25(20)34-6)26(31)22(36-28)15-18-11-13-19(14-12-18)16(2)3/h8-16,24H,7H2,1-6H3. The number of rotatable bonds is 7. The van der Waals surface area contributed by atoms with Gasteiger partial charge in [-0.3, -0.25) is 9.36 Å². The van der Waals surface area contributed by atoms with Gasteiger partial charge >= 0.3 is 5.97 Å². The molecule has 0 fully saturated rings. The highest BCUT2D eigenvalue weighted by atomic mass is 32.1. The van der Waals surface area contributed by atoms with Gasteiger partial charge < -0.3 is 14.2 Å². The second-order valence-electron chi connectivity index (χ2n) is 8.71. The van der Waals surface area contributed by atoms with Crippen LogP contribution in [-0.4, -0.2) is 31.4 Å². The van der Waals surface area contributed by atoms with Gasteiger partial charge in [-0.1, -0.05) is 61.6 Å². The van der Waals surface area contributed by atoms with Crippen molar-refractivity contribution in [2.45, 2.75) is 39.7 Å². The second-order valence-corrected chi connectivity index (χ2v) is 9.72. The highest BCUT2D eigenvalue weighted by molar-refractivity contribution is 7.07. The second kappa shape index (κ2) is 10.5. The number of methoxy groups -OCH3 is 2. The van der Waals surface area contributed by atoms with E-state index in [0.29, 0.717) is 43.6 Å². The number of aromatic nitrogens is 1. The third kappa shape index (κ3) is 4.60. The van der Waals surface area contributed by atoms with Crippen LogP contribution in [0, 0.1) is 0 Å². The smallest absolute Gasteiger partial charge is 0.338 e. The molecule has 1 aliphatic rings. The zero-order chi connectivity index (χ0) is 26.0. The third-order valence-electron chi connectivity index (χ3n) is 6.15. The number of allylic oxidation sites excluding steroid dienone is 1. The van der Waals surface area contributed by atoms with E-state index in [2.05, 4.69) is 31.0 Å². The third-order valence-corrected chi connectivity index (χ3v) is 7.13. The van der Waals surface area contributed by atoms with Gasteiger partial charge in [-0.05, 0) is 43.0 Å². The molecule has 0 saturated heterocycles. The van der Waals surface area contributed by atoms with Gasteiger partial charge in [-0.15, -0.1) is 0 Å². The molecule has 0 aliphatic carbocycles. The van der Waals surface area contributed by atoms with Gasteiger partial charge in [0.2, 0.25) is 0 Å². The first-order valence-electron chi connectivity index (χ1n) is 11.8. The Bertz CT molecular complexity index is 1500. The Morgan fingerprint density at radius 2 is 1.86 bits per heavy atom. The summed E-state index contributed by atoms with van der Waals surface area (Å²) in [5, 5.41) is 0. The molecule has 1 atom stereocenters. The molecule has 2 aromatic carbocycles. The van der Waals surface area contributed by atoms with E-state index in [1.807, 2.05) is 24.3 Å². The maximum atomic E-state index is 13.8. The predicted octanol–water partition coefficient (Wildman–Crippen LogP) is 3.94. The van der Waals surface area contributed by atoms with Gasteiger partial charge in [0.25, 0.3) is 5.56 Å². The van der Waals surface area contributed by atoms with Crippen LogP contribution in [0.3, 0.4) is 0 Å². The summed E-state index contributed by atoms with van der Waals surface area (Å²) < 4.78 is 18.6. The minimum atomic E-state index is -0.782. The molecule has 3 aromatic rings. The van der Waals surface area contributed by atoms with Crippen molar-refractivity contribution in [1.82, 2.24) is 4.57 Å². The minimum Gasteiger partial charge on any atom is -0.493 e. The number of thiazole rings is 1. The van der Waals surface area contributed by atoms with Crippen molar-refractivity contribution in [2.24, 2.45) is 4.99 Å². The number of carbonyl (C=O) groups excluding carboxylic acids is 1. The quantitative estimate of drug-likeness (QED) is 0.454. The van der Waals surface area contributed by atoms with Crippen molar-refractivity contribution >= 4 is 23.4 Å². The lowest BCUT2D eigenvalue weighted by molar-refractivity contribution is -0.139. The number of esters is 1. The van der Waals surface area contributed by atoms with E-state index in [1.54, 1.807) is 37.7 Å². The number of ether oxygens (including phenoxy) is 3. The molecule has 0 amide bonds. The van der Waals surface area contributed by atoms with Crippen molar-refractivity contribution in [2.75, 3.05) is 20.8 Å². The largest absolute Gasteiger partial charge is 0.493 e. The Labute approximate surface area is 214 Å². The molecule has 0 bridgehead atoms. The first-order valence-corrected chi connectivity index (χ1v) is 12.6. The lowest BCUT2D eigenvalue weighted by Crippen LogP contribution is -2.40. The Morgan fingerprint density at radius 1 is 1.14 bits per heavy atom. The fraction of sp³-hybridized carbons (Fsp3) is 0.321. The number of fused-ring (bicyclic) bond motifs is 1. The number of para-hydroxylation sites is 1. The van der Waals surface area contributed by atoms with Crippen LogP contribution in [0.5, 0.6) is 11.5 Å². The molecule has 0 saturated carbocycles. The summed E-state index contributed by atoms with van der Waals surface area (Å²) in [7, 11) is 3.08. The molecule has 8 heteroatoms. The molecule has 0 radical (unpaired) electrons. The molecule has 1 unspecified atom stereocenters. The van der Waals surface area contributed by atoms with Crippen LogP contribution < -0.4 is 24.4 Å². The van der Waals surface area contributed by atoms with Crippen molar-refractivity contribution in [3.8, 4) is 11.5 Å². The van der Waals surface area contributed by atoms with Crippen LogP contribution in [0.4, 0.5) is 0 Å². The monoisotopic (exact) mass is 506 g/mol. The first-order chi connectivity index (χ1) is 17.3. The Balaban J connectivity index is 1.96. The molecule has 1 aliphatic heterocycles. The Kier molecular flexibility index (Phi) is 7.45. The highest BCUT2D eigenvalue weighted by Gasteiger charge is 2.35. The zero-order valence-electron chi connectivity index (χ0n) is 21.3. The van der Waals surface area contributed by atoms with Crippen LogP contribution >= 0.6 is 11.3 Å². The molecular formula is C28H30N2O5S. The van der Waals surface area contributed by atoms with Gasteiger partial charge in [0, 0.05) is 5.56 Å². The Morgan fingerprint density at radius 3 is 2.47 bits per heavy atom. The van der Waals surface area contributed by atoms with Crippen LogP contribution in [-0.2, 0) is 9.53 Å². The average molecular weight is 507 g/mol. The van der Waals surface area contributed by atoms with E-state index in [9.17, 15) is 9.59 Å². The summed E-state index contributed by atoms with van der Waals surface area (Å²) in [6, 6.07) is 12.8. The Hall–Kier alpha value is -3.65. The fourth-order valence-electron chi connectivity index (χ4n) is 4.34. The average Bonchev–Trinajstić information content (AvgIpc) is 3.17. The first kappa shape index (κ1) is 25.4. The van der Waals surface area contributed by atoms with Gasteiger partial charge in [-0.25, -0.2) is 9.79 Å². The topological polar surface area (TPSA) is 79.1 Å². The van der Waals surface area contributed by atoms with Gasteiger partial charge in [0.1, 0.15) is 6.04 Å². The highest BCUT2D eigenvalue weighted by Crippen LogP contribution is 2.40. The molecule has 0 spiro atoms. The predicted molar refractivity (Wildman–Crippen MR) is 140 cm³/mol. The van der Waals surface area contributed by atoms with Gasteiger partial charge in [0.05, 0.1) is 36.6 Å². The van der Waals surface area contributed by atoms with Crippen molar-refractivity contribution in [3.63, 3.8) is 0 Å². The van der Waals surface area contributed by atoms with Crippen LogP contribution in [0.25, 0.3) is 6.08 Å². The van der Waals surface area contributed by atoms with Crippen LogP contribution in [0.15, 0.2) is 63.5 Å². The van der Waals surface area contributed by atoms with E-state index in [4.69, 9.17) is 14.2 Å². The summed E-state index contributed by atoms with van der Waals surface area (Å²) in [6.45, 7) is 7.99. The number of carbonyl (C=O) groups is 1. The summed E-state index contributed by atoms with van der Waals surface area (Å²) in [5.74, 6) is 0.847. The van der Waals surface area contributed by atoms with Crippen molar-refractivity contribution in [3.05, 3.63) is 90.1 Å². The summed E-state index contributed by atoms with van der Waals surface area (Å²) in [6.07, 6.45) is 1.86. The van der Waals surface area contributed by atoms with Crippen LogP contribution in [0.1, 0.15) is 56.3 Å². The van der Waals surface area contributed by atoms with Crippen molar-refractivity contribution < 1.29 is 19.0 Å². The number of hydrogen-bond donors (Lipinski definition) is 0. The summed E-state index contributed by atoms with van der Waals surface area (Å²) >= 11 is 1.29. The molecule has 1 aromatic heterocycles. The molecule has 0 N–H and O–H groups in total. The number of nitrogens with zero attached hydrogens (tertiary/aromatic N) is 2. The minimum absolute atomic E-state index is 0.203. The zero-order valence-corrected chi connectivity index (χ0v) is 22.1. The molecule has 188 valence electrons. The maximum Gasteiger partial charge on any atom is 0.338 e. The molecule has 7 nitrogen and oxygen atoms in total. The van der Waals surface area contributed by atoms with Crippen LogP contribution in [0.2, 0.25) is 0 Å². The van der Waals surface area contributed by atoms with E-state index >= 15 is 0 Å². The van der Waals surface area contributed by atoms with E-state index in [0.717, 1.165) is 5.56 Å². The SMILES string of the molecule is CCOC(=O)C1=C(C)N=c2sc(=Cc3ccc(C(C)C)cc3)c(=O)n2C1c1cccc(OC)c1OC. The number of benzene rings is 2. The van der Waals surface area contributed by atoms with E-state index < -0.39 is 12.0 Å². The molecule has 2 heterocycles. The molecular weight excluding hydrogens is 476 g/mol. The normalized spacial score (nSPS) is 15.5. The summed E-state index contributed by atoms with van der Waals surface area (Å²) in [4.78, 5) is 32.1. The maximum absolute atomic E-state index is 13.8. The van der Waals surface area contributed by atoms with E-state index in [1.165, 1.54) is 24.0 Å².